The second-order valence-electron chi connectivity index (χ2n) is 6.89. The zero-order valence-corrected chi connectivity index (χ0v) is 15.3. The Morgan fingerprint density at radius 1 is 1.19 bits per heavy atom. The van der Waals surface area contributed by atoms with Crippen LogP contribution < -0.4 is 5.73 Å². The van der Waals surface area contributed by atoms with E-state index in [-0.39, 0.29) is 18.3 Å². The van der Waals surface area contributed by atoms with E-state index in [0.717, 1.165) is 18.4 Å². The van der Waals surface area contributed by atoms with E-state index < -0.39 is 0 Å². The zero-order valence-electron chi connectivity index (χ0n) is 15.3. The minimum atomic E-state index is -0.270. The van der Waals surface area contributed by atoms with Crippen LogP contribution in [-0.4, -0.2) is 34.1 Å². The molecule has 27 heavy (non-hydrogen) atoms. The molecule has 0 radical (unpaired) electrons. The van der Waals surface area contributed by atoms with Crippen LogP contribution in [-0.2, 0) is 17.9 Å². The van der Waals surface area contributed by atoms with E-state index in [1.165, 1.54) is 17.7 Å². The summed E-state index contributed by atoms with van der Waals surface area (Å²) < 4.78 is 0. The summed E-state index contributed by atoms with van der Waals surface area (Å²) in [6.45, 7) is 1.70. The standard InChI is InChI=1S/C22H26N2O3/c23-14-16-3-1-5-19(13-16)17-9-11-24(12-10-17)22(27)8-7-18-4-2-6-21(26)20(18)15-25/h1-8,13,17,25-26H,9-12,14-15,23H2/b8-7+. The van der Waals surface area contributed by atoms with Crippen molar-refractivity contribution < 1.29 is 15.0 Å². The molecule has 1 aliphatic rings. The minimum absolute atomic E-state index is 0.0348. The van der Waals surface area contributed by atoms with Crippen molar-refractivity contribution in [1.29, 1.82) is 0 Å². The number of aliphatic hydroxyl groups is 1. The van der Waals surface area contributed by atoms with Gasteiger partial charge in [-0.05, 0) is 47.6 Å². The predicted octanol–water partition coefficient (Wildman–Crippen LogP) is 2.76. The predicted molar refractivity (Wildman–Crippen MR) is 106 cm³/mol. The van der Waals surface area contributed by atoms with Gasteiger partial charge in [0, 0.05) is 31.3 Å². The van der Waals surface area contributed by atoms with E-state index in [2.05, 4.69) is 12.1 Å². The van der Waals surface area contributed by atoms with Crippen LogP contribution in [0.1, 0.15) is 41.0 Å². The maximum atomic E-state index is 12.5. The number of hydrogen-bond acceptors (Lipinski definition) is 4. The molecule has 0 aromatic heterocycles. The number of aliphatic hydroxyl groups excluding tert-OH is 1. The number of nitrogens with zero attached hydrogens (tertiary/aromatic N) is 1. The number of nitrogens with two attached hydrogens (primary N) is 1. The molecule has 5 heteroatoms. The molecule has 2 aromatic rings. The number of aromatic hydroxyl groups is 1. The molecule has 0 saturated carbocycles. The molecule has 2 aromatic carbocycles. The Labute approximate surface area is 159 Å². The number of benzene rings is 2. The summed E-state index contributed by atoms with van der Waals surface area (Å²) in [5, 5.41) is 19.2. The first kappa shape index (κ1) is 19.1. The van der Waals surface area contributed by atoms with E-state index >= 15 is 0 Å². The van der Waals surface area contributed by atoms with Gasteiger partial charge < -0.3 is 20.8 Å². The van der Waals surface area contributed by atoms with E-state index in [1.807, 2.05) is 17.0 Å². The minimum Gasteiger partial charge on any atom is -0.508 e. The Morgan fingerprint density at radius 3 is 2.63 bits per heavy atom. The average molecular weight is 366 g/mol. The Morgan fingerprint density at radius 2 is 1.93 bits per heavy atom. The largest absolute Gasteiger partial charge is 0.508 e. The number of carbonyl (C=O) groups excluding carboxylic acids is 1. The normalized spacial score (nSPS) is 15.4. The van der Waals surface area contributed by atoms with E-state index in [9.17, 15) is 15.0 Å². The second kappa shape index (κ2) is 8.84. The van der Waals surface area contributed by atoms with E-state index in [4.69, 9.17) is 5.73 Å². The molecule has 1 heterocycles. The highest BCUT2D eigenvalue weighted by Crippen LogP contribution is 2.29. The molecule has 0 unspecified atom stereocenters. The van der Waals surface area contributed by atoms with Crippen molar-refractivity contribution in [3.8, 4) is 5.75 Å². The van der Waals surface area contributed by atoms with E-state index in [0.29, 0.717) is 36.7 Å². The summed E-state index contributed by atoms with van der Waals surface area (Å²) in [7, 11) is 0. The number of hydrogen-bond donors (Lipinski definition) is 3. The van der Waals surface area contributed by atoms with Gasteiger partial charge in [-0.15, -0.1) is 0 Å². The molecule has 0 atom stereocenters. The van der Waals surface area contributed by atoms with Crippen LogP contribution in [0.25, 0.3) is 6.08 Å². The van der Waals surface area contributed by atoms with Crippen molar-refractivity contribution >= 4 is 12.0 Å². The molecular weight excluding hydrogens is 340 g/mol. The van der Waals surface area contributed by atoms with Crippen LogP contribution in [0.4, 0.5) is 0 Å². The Balaban J connectivity index is 1.61. The van der Waals surface area contributed by atoms with Crippen molar-refractivity contribution in [2.45, 2.75) is 31.9 Å². The van der Waals surface area contributed by atoms with Crippen molar-refractivity contribution in [3.63, 3.8) is 0 Å². The van der Waals surface area contributed by atoms with Crippen LogP contribution >= 0.6 is 0 Å². The van der Waals surface area contributed by atoms with Crippen LogP contribution in [0.15, 0.2) is 48.5 Å². The Kier molecular flexibility index (Phi) is 6.27. The topological polar surface area (TPSA) is 86.8 Å². The van der Waals surface area contributed by atoms with Crippen LogP contribution in [0.3, 0.4) is 0 Å². The van der Waals surface area contributed by atoms with Crippen LogP contribution in [0.2, 0.25) is 0 Å². The summed E-state index contributed by atoms with van der Waals surface area (Å²) >= 11 is 0. The first-order valence-electron chi connectivity index (χ1n) is 9.30. The highest BCUT2D eigenvalue weighted by Gasteiger charge is 2.22. The molecule has 3 rings (SSSR count). The number of rotatable bonds is 5. The van der Waals surface area contributed by atoms with Crippen LogP contribution in [0, 0.1) is 0 Å². The highest BCUT2D eigenvalue weighted by molar-refractivity contribution is 5.92. The molecule has 1 amide bonds. The highest BCUT2D eigenvalue weighted by atomic mass is 16.3. The van der Waals surface area contributed by atoms with Crippen LogP contribution in [0.5, 0.6) is 5.75 Å². The lowest BCUT2D eigenvalue weighted by Crippen LogP contribution is -2.36. The number of carbonyl (C=O) groups is 1. The SMILES string of the molecule is NCc1cccc(C2CCN(C(=O)/C=C/c3cccc(O)c3CO)CC2)c1. The fraction of sp³-hybridized carbons (Fsp3) is 0.318. The van der Waals surface area contributed by atoms with E-state index in [1.54, 1.807) is 18.2 Å². The molecule has 1 aliphatic heterocycles. The number of phenols is 1. The number of piperidine rings is 1. The summed E-state index contributed by atoms with van der Waals surface area (Å²) in [6.07, 6.45) is 5.04. The van der Waals surface area contributed by atoms with Gasteiger partial charge in [-0.25, -0.2) is 0 Å². The van der Waals surface area contributed by atoms with Gasteiger partial charge in [-0.3, -0.25) is 4.79 Å². The average Bonchev–Trinajstić information content (AvgIpc) is 2.72. The molecule has 142 valence electrons. The monoisotopic (exact) mass is 366 g/mol. The maximum Gasteiger partial charge on any atom is 0.246 e. The summed E-state index contributed by atoms with van der Waals surface area (Å²) in [4.78, 5) is 14.3. The number of amides is 1. The first-order chi connectivity index (χ1) is 13.1. The second-order valence-corrected chi connectivity index (χ2v) is 6.89. The van der Waals surface area contributed by atoms with Gasteiger partial charge in [0.15, 0.2) is 0 Å². The third-order valence-corrected chi connectivity index (χ3v) is 5.22. The zero-order chi connectivity index (χ0) is 19.2. The molecule has 1 fully saturated rings. The summed E-state index contributed by atoms with van der Waals surface area (Å²) in [5.74, 6) is 0.445. The van der Waals surface area contributed by atoms with Crippen molar-refractivity contribution in [1.82, 2.24) is 4.90 Å². The van der Waals surface area contributed by atoms with Crippen molar-refractivity contribution in [2.24, 2.45) is 5.73 Å². The molecule has 5 nitrogen and oxygen atoms in total. The lowest BCUT2D eigenvalue weighted by molar-refractivity contribution is -0.126. The van der Waals surface area contributed by atoms with Crippen molar-refractivity contribution in [2.75, 3.05) is 13.1 Å². The molecular formula is C22H26N2O3. The quantitative estimate of drug-likeness (QED) is 0.710. The maximum absolute atomic E-state index is 12.5. The summed E-state index contributed by atoms with van der Waals surface area (Å²) in [6, 6.07) is 13.4. The fourth-order valence-corrected chi connectivity index (χ4v) is 3.59. The molecule has 1 saturated heterocycles. The molecule has 0 spiro atoms. The smallest absolute Gasteiger partial charge is 0.246 e. The Bertz CT molecular complexity index is 824. The van der Waals surface area contributed by atoms with Gasteiger partial charge in [0.1, 0.15) is 5.75 Å². The van der Waals surface area contributed by atoms with Gasteiger partial charge >= 0.3 is 0 Å². The fourth-order valence-electron chi connectivity index (χ4n) is 3.59. The molecule has 0 aliphatic carbocycles. The van der Waals surface area contributed by atoms with Crippen molar-refractivity contribution in [3.05, 3.63) is 70.8 Å². The van der Waals surface area contributed by atoms with Gasteiger partial charge in [0.2, 0.25) is 5.91 Å². The lowest BCUT2D eigenvalue weighted by Gasteiger charge is -2.31. The lowest BCUT2D eigenvalue weighted by atomic mass is 9.88. The third-order valence-electron chi connectivity index (χ3n) is 5.22. The van der Waals surface area contributed by atoms with Gasteiger partial charge in [-0.2, -0.15) is 0 Å². The molecule has 4 N–H and O–H groups in total. The number of likely N-dealkylation sites (tertiary alicyclic amines) is 1. The van der Waals surface area contributed by atoms with Gasteiger partial charge in [-0.1, -0.05) is 36.4 Å². The third kappa shape index (κ3) is 4.56. The molecule has 0 bridgehead atoms. The van der Waals surface area contributed by atoms with Gasteiger partial charge in [0.05, 0.1) is 6.61 Å². The Hall–Kier alpha value is -2.63. The first-order valence-corrected chi connectivity index (χ1v) is 9.30. The summed E-state index contributed by atoms with van der Waals surface area (Å²) in [5.41, 5.74) is 9.25. The van der Waals surface area contributed by atoms with Gasteiger partial charge in [0.25, 0.3) is 0 Å².